The Hall–Kier alpha value is -0.510. The Labute approximate surface area is 101 Å². The third-order valence-corrected chi connectivity index (χ3v) is 5.47. The Kier molecular flexibility index (Phi) is 3.03. The van der Waals surface area contributed by atoms with Crippen molar-refractivity contribution in [1.29, 1.82) is 0 Å². The second kappa shape index (κ2) is 4.06. The zero-order chi connectivity index (χ0) is 11.8. The second-order valence-corrected chi connectivity index (χ2v) is 6.14. The lowest BCUT2D eigenvalue weighted by atomic mass is 9.58. The van der Waals surface area contributed by atoms with Gasteiger partial charge in [0, 0.05) is 0 Å². The summed E-state index contributed by atoms with van der Waals surface area (Å²) in [5.41, 5.74) is 2.51. The van der Waals surface area contributed by atoms with Crippen LogP contribution in [0.5, 0.6) is 0 Å². The van der Waals surface area contributed by atoms with Gasteiger partial charge in [-0.3, -0.25) is 0 Å². The summed E-state index contributed by atoms with van der Waals surface area (Å²) in [5, 5.41) is 10.2. The van der Waals surface area contributed by atoms with Crippen molar-refractivity contribution in [3.05, 3.63) is 10.1 Å². The van der Waals surface area contributed by atoms with Crippen molar-refractivity contribution in [2.75, 3.05) is 0 Å². The van der Waals surface area contributed by atoms with Crippen molar-refractivity contribution in [3.8, 4) is 0 Å². The van der Waals surface area contributed by atoms with Crippen LogP contribution in [0.3, 0.4) is 0 Å². The van der Waals surface area contributed by atoms with Crippen molar-refractivity contribution in [2.45, 2.75) is 62.8 Å². The first-order chi connectivity index (χ1) is 7.48. The van der Waals surface area contributed by atoms with Gasteiger partial charge < -0.3 is 0 Å². The van der Waals surface area contributed by atoms with E-state index in [2.05, 4.69) is 12.3 Å². The highest BCUT2D eigenvalue weighted by atomic mass is 35.5. The fourth-order valence-corrected chi connectivity index (χ4v) is 4.03. The molecule has 2 aliphatic carbocycles. The molecule has 3 atom stereocenters. The molecular formula is C11H19ClN2O2. The van der Waals surface area contributed by atoms with E-state index in [9.17, 15) is 10.1 Å². The molecular weight excluding hydrogens is 228 g/mol. The highest BCUT2D eigenvalue weighted by Gasteiger charge is 2.56. The average Bonchev–Trinajstić information content (AvgIpc) is 2.20. The number of hydrogen-bond acceptors (Lipinski definition) is 2. The van der Waals surface area contributed by atoms with Crippen LogP contribution in [0.25, 0.3) is 0 Å². The van der Waals surface area contributed by atoms with Crippen molar-refractivity contribution in [1.82, 2.24) is 5.43 Å². The van der Waals surface area contributed by atoms with Crippen LogP contribution in [-0.2, 0) is 0 Å². The first-order valence-electron chi connectivity index (χ1n) is 6.07. The maximum absolute atomic E-state index is 10.6. The van der Waals surface area contributed by atoms with Gasteiger partial charge in [-0.2, -0.15) is 0 Å². The van der Waals surface area contributed by atoms with Crippen molar-refractivity contribution in [3.63, 3.8) is 0 Å². The van der Waals surface area contributed by atoms with Crippen LogP contribution in [0.1, 0.15) is 51.9 Å². The molecule has 2 rings (SSSR count). The number of hydrazine groups is 1. The highest BCUT2D eigenvalue weighted by Crippen LogP contribution is 2.56. The van der Waals surface area contributed by atoms with E-state index in [0.29, 0.717) is 0 Å². The molecule has 0 aliphatic heterocycles. The number of nitrogens with zero attached hydrogens (tertiary/aromatic N) is 1. The number of halogens is 1. The van der Waals surface area contributed by atoms with Gasteiger partial charge in [0.05, 0.1) is 4.87 Å². The minimum absolute atomic E-state index is 0.0682. The maximum atomic E-state index is 10.6. The summed E-state index contributed by atoms with van der Waals surface area (Å²) >= 11 is 6.76. The Morgan fingerprint density at radius 2 is 1.94 bits per heavy atom. The van der Waals surface area contributed by atoms with E-state index < -0.39 is 9.91 Å². The molecule has 2 saturated carbocycles. The molecule has 0 unspecified atom stereocenters. The van der Waals surface area contributed by atoms with E-state index in [1.807, 2.05) is 0 Å². The molecule has 92 valence electrons. The predicted octanol–water partition coefficient (Wildman–Crippen LogP) is 2.88. The standard InChI is InChI=1S/C11H19ClN2O2/c1-10-6-2-3-8-11(10,12)9(5-4-7-10)13-14(15)16/h9,13H,2-8H2,1H3/t9-,10-,11+/m0/s1. The first-order valence-corrected chi connectivity index (χ1v) is 6.45. The maximum Gasteiger partial charge on any atom is 0.157 e. The molecule has 0 heterocycles. The van der Waals surface area contributed by atoms with E-state index in [0.717, 1.165) is 38.5 Å². The van der Waals surface area contributed by atoms with Gasteiger partial charge in [0.25, 0.3) is 0 Å². The molecule has 16 heavy (non-hydrogen) atoms. The molecule has 0 spiro atoms. The zero-order valence-electron chi connectivity index (χ0n) is 9.67. The topological polar surface area (TPSA) is 55.2 Å². The normalized spacial score (nSPS) is 43.5. The van der Waals surface area contributed by atoms with Crippen LogP contribution in [0.4, 0.5) is 0 Å². The summed E-state index contributed by atoms with van der Waals surface area (Å²) in [6.45, 7) is 2.20. The van der Waals surface area contributed by atoms with Gasteiger partial charge >= 0.3 is 0 Å². The van der Waals surface area contributed by atoms with E-state index in [1.54, 1.807) is 0 Å². The lowest BCUT2D eigenvalue weighted by Gasteiger charge is -2.54. The Morgan fingerprint density at radius 1 is 1.31 bits per heavy atom. The molecule has 5 heteroatoms. The van der Waals surface area contributed by atoms with E-state index >= 15 is 0 Å². The van der Waals surface area contributed by atoms with Crippen molar-refractivity contribution < 1.29 is 5.03 Å². The van der Waals surface area contributed by atoms with Crippen LogP contribution in [0.15, 0.2) is 0 Å². The minimum atomic E-state index is -0.435. The highest BCUT2D eigenvalue weighted by molar-refractivity contribution is 6.25. The Morgan fingerprint density at radius 3 is 2.62 bits per heavy atom. The number of rotatable bonds is 2. The van der Waals surface area contributed by atoms with Crippen LogP contribution in [0.2, 0.25) is 0 Å². The number of nitro groups is 1. The molecule has 4 nitrogen and oxygen atoms in total. The minimum Gasteiger partial charge on any atom is -0.235 e. The molecule has 0 aromatic rings. The van der Waals surface area contributed by atoms with E-state index in [-0.39, 0.29) is 11.5 Å². The molecule has 0 amide bonds. The smallest absolute Gasteiger partial charge is 0.157 e. The fraction of sp³-hybridized carbons (Fsp3) is 1.00. The molecule has 2 aliphatic rings. The SMILES string of the molecule is C[C@@]12CCCC[C@@]1(Cl)[C@@H](N[N+](=O)[O-])CCC2. The summed E-state index contributed by atoms with van der Waals surface area (Å²) in [6.07, 6.45) is 7.26. The zero-order valence-corrected chi connectivity index (χ0v) is 10.4. The van der Waals surface area contributed by atoms with Gasteiger partial charge in [-0.1, -0.05) is 26.2 Å². The third-order valence-electron chi connectivity index (χ3n) is 4.56. The van der Waals surface area contributed by atoms with Crippen LogP contribution in [-0.4, -0.2) is 15.9 Å². The van der Waals surface area contributed by atoms with Crippen LogP contribution < -0.4 is 5.43 Å². The summed E-state index contributed by atoms with van der Waals surface area (Å²) in [4.78, 5) is 10.2. The Bertz CT molecular complexity index is 296. The Balaban J connectivity index is 2.22. The van der Waals surface area contributed by atoms with E-state index in [1.165, 1.54) is 6.42 Å². The number of nitrogens with one attached hydrogen (secondary N) is 1. The average molecular weight is 247 g/mol. The monoisotopic (exact) mass is 246 g/mol. The predicted molar refractivity (Wildman–Crippen MR) is 62.9 cm³/mol. The van der Waals surface area contributed by atoms with E-state index in [4.69, 9.17) is 11.6 Å². The summed E-state index contributed by atoms with van der Waals surface area (Å²) in [5.74, 6) is 0. The van der Waals surface area contributed by atoms with Gasteiger partial charge in [0.1, 0.15) is 6.04 Å². The first kappa shape index (κ1) is 12.0. The molecule has 1 N–H and O–H groups in total. The molecule has 0 bridgehead atoms. The third kappa shape index (κ3) is 1.77. The number of alkyl halides is 1. The molecule has 0 aromatic carbocycles. The number of fused-ring (bicyclic) bond motifs is 1. The van der Waals surface area contributed by atoms with Gasteiger partial charge in [0.15, 0.2) is 5.03 Å². The second-order valence-electron chi connectivity index (χ2n) is 5.46. The molecule has 0 aromatic heterocycles. The van der Waals surface area contributed by atoms with Crippen LogP contribution >= 0.6 is 11.6 Å². The number of hydrogen-bond donors (Lipinski definition) is 1. The largest absolute Gasteiger partial charge is 0.235 e. The summed E-state index contributed by atoms with van der Waals surface area (Å²) in [6, 6.07) is -0.178. The summed E-state index contributed by atoms with van der Waals surface area (Å²) in [7, 11) is 0. The fourth-order valence-electron chi connectivity index (χ4n) is 3.55. The summed E-state index contributed by atoms with van der Waals surface area (Å²) < 4.78 is 0. The molecule has 2 fully saturated rings. The van der Waals surface area contributed by atoms with Crippen LogP contribution in [0, 0.1) is 15.5 Å². The van der Waals surface area contributed by atoms with Gasteiger partial charge in [0.2, 0.25) is 0 Å². The van der Waals surface area contributed by atoms with Crippen molar-refractivity contribution in [2.24, 2.45) is 5.41 Å². The lowest BCUT2D eigenvalue weighted by Crippen LogP contribution is -2.61. The van der Waals surface area contributed by atoms with Crippen molar-refractivity contribution >= 4 is 11.6 Å². The quantitative estimate of drug-likeness (QED) is 0.463. The van der Waals surface area contributed by atoms with Gasteiger partial charge in [-0.15, -0.1) is 17.0 Å². The lowest BCUT2D eigenvalue weighted by molar-refractivity contribution is -0.553. The molecule has 0 radical (unpaired) electrons. The van der Waals surface area contributed by atoms with Gasteiger partial charge in [-0.25, -0.2) is 10.1 Å². The molecule has 0 saturated heterocycles. The van der Waals surface area contributed by atoms with Gasteiger partial charge in [-0.05, 0) is 31.1 Å².